The Kier molecular flexibility index (Phi) is 7.14. The predicted molar refractivity (Wildman–Crippen MR) is 91.2 cm³/mol. The summed E-state index contributed by atoms with van der Waals surface area (Å²) in [7, 11) is 3.26. The molecule has 1 saturated heterocycles. The maximum atomic E-state index is 12.0. The van der Waals surface area contributed by atoms with Crippen LogP contribution in [0.1, 0.15) is 5.56 Å². The van der Waals surface area contributed by atoms with Crippen LogP contribution in [0.5, 0.6) is 11.5 Å². The van der Waals surface area contributed by atoms with E-state index in [-0.39, 0.29) is 5.91 Å². The Balaban J connectivity index is 1.84. The van der Waals surface area contributed by atoms with Gasteiger partial charge >= 0.3 is 0 Å². The zero-order valence-electron chi connectivity index (χ0n) is 13.6. The number of ether oxygens (including phenoxy) is 3. The van der Waals surface area contributed by atoms with Gasteiger partial charge in [-0.3, -0.25) is 9.69 Å². The van der Waals surface area contributed by atoms with Crippen LogP contribution in [-0.2, 0) is 16.0 Å². The fraction of sp³-hybridized carbons (Fsp3) is 0.562. The van der Waals surface area contributed by atoms with Crippen LogP contribution in [0.15, 0.2) is 16.6 Å². The van der Waals surface area contributed by atoms with E-state index in [1.54, 1.807) is 14.2 Å². The lowest BCUT2D eigenvalue weighted by molar-refractivity contribution is -0.123. The van der Waals surface area contributed by atoms with Gasteiger partial charge in [0.15, 0.2) is 0 Å². The van der Waals surface area contributed by atoms with Gasteiger partial charge in [0.2, 0.25) is 5.91 Å². The predicted octanol–water partition coefficient (Wildman–Crippen LogP) is 1.46. The molecule has 0 unspecified atom stereocenters. The molecule has 1 heterocycles. The normalized spacial score (nSPS) is 15.3. The highest BCUT2D eigenvalue weighted by atomic mass is 79.9. The van der Waals surface area contributed by atoms with Crippen molar-refractivity contribution in [2.45, 2.75) is 6.42 Å². The number of carbonyl (C=O) groups is 1. The van der Waals surface area contributed by atoms with E-state index in [9.17, 15) is 4.79 Å². The molecule has 1 aromatic carbocycles. The molecule has 7 heteroatoms. The number of nitrogens with one attached hydrogen (secondary N) is 1. The van der Waals surface area contributed by atoms with Gasteiger partial charge in [0.05, 0.1) is 38.5 Å². The highest BCUT2D eigenvalue weighted by molar-refractivity contribution is 9.10. The lowest BCUT2D eigenvalue weighted by Gasteiger charge is -2.25. The van der Waals surface area contributed by atoms with Crippen molar-refractivity contribution in [1.29, 1.82) is 0 Å². The Hall–Kier alpha value is -1.31. The number of amides is 1. The molecule has 1 aliphatic heterocycles. The van der Waals surface area contributed by atoms with Crippen LogP contribution >= 0.6 is 15.9 Å². The van der Waals surface area contributed by atoms with Gasteiger partial charge in [0, 0.05) is 19.6 Å². The summed E-state index contributed by atoms with van der Waals surface area (Å²) in [4.78, 5) is 14.1. The molecule has 0 aromatic heterocycles. The molecule has 0 radical (unpaired) electrons. The lowest BCUT2D eigenvalue weighted by atomic mass is 10.1. The summed E-state index contributed by atoms with van der Waals surface area (Å²) in [6, 6.07) is 3.81. The second-order valence-electron chi connectivity index (χ2n) is 5.29. The van der Waals surface area contributed by atoms with E-state index in [0.29, 0.717) is 32.7 Å². The van der Waals surface area contributed by atoms with Gasteiger partial charge in [0.1, 0.15) is 11.5 Å². The quantitative estimate of drug-likeness (QED) is 0.768. The Labute approximate surface area is 145 Å². The van der Waals surface area contributed by atoms with Gasteiger partial charge in [-0.15, -0.1) is 0 Å². The molecule has 0 bridgehead atoms. The number of halogens is 1. The van der Waals surface area contributed by atoms with Crippen molar-refractivity contribution in [2.24, 2.45) is 0 Å². The lowest BCUT2D eigenvalue weighted by Crippen LogP contribution is -2.43. The van der Waals surface area contributed by atoms with Crippen LogP contribution < -0.4 is 14.8 Å². The highest BCUT2D eigenvalue weighted by Gasteiger charge is 2.14. The Morgan fingerprint density at radius 2 is 1.96 bits per heavy atom. The van der Waals surface area contributed by atoms with Gasteiger partial charge in [0.25, 0.3) is 0 Å². The van der Waals surface area contributed by atoms with E-state index in [0.717, 1.165) is 34.6 Å². The van der Waals surface area contributed by atoms with Crippen molar-refractivity contribution >= 4 is 21.8 Å². The Morgan fingerprint density at radius 3 is 2.61 bits per heavy atom. The van der Waals surface area contributed by atoms with Gasteiger partial charge in [-0.1, -0.05) is 0 Å². The second-order valence-corrected chi connectivity index (χ2v) is 6.14. The smallest absolute Gasteiger partial charge is 0.234 e. The molecule has 0 aliphatic carbocycles. The average Bonchev–Trinajstić information content (AvgIpc) is 2.56. The van der Waals surface area contributed by atoms with Crippen molar-refractivity contribution < 1.29 is 19.0 Å². The van der Waals surface area contributed by atoms with Crippen LogP contribution in [0.25, 0.3) is 0 Å². The standard InChI is InChI=1S/C16H23BrN2O4/c1-21-14-10-13(17)15(22-2)9-12(14)3-4-18-16(20)11-19-5-7-23-8-6-19/h9-10H,3-8,11H2,1-2H3,(H,18,20). The van der Waals surface area contributed by atoms with E-state index < -0.39 is 0 Å². The number of hydrogen-bond acceptors (Lipinski definition) is 5. The molecule has 0 atom stereocenters. The van der Waals surface area contributed by atoms with Crippen LogP contribution in [0.4, 0.5) is 0 Å². The molecule has 0 saturated carbocycles. The largest absolute Gasteiger partial charge is 0.496 e. The number of morpholine rings is 1. The van der Waals surface area contributed by atoms with Gasteiger partial charge < -0.3 is 19.5 Å². The SMILES string of the molecule is COc1cc(CCNC(=O)CN2CCOCC2)c(OC)cc1Br. The maximum absolute atomic E-state index is 12.0. The molecule has 1 aromatic rings. The van der Waals surface area contributed by atoms with E-state index in [1.807, 2.05) is 12.1 Å². The van der Waals surface area contributed by atoms with Crippen molar-refractivity contribution in [3.05, 3.63) is 22.2 Å². The van der Waals surface area contributed by atoms with Crippen LogP contribution in [0.2, 0.25) is 0 Å². The molecule has 128 valence electrons. The molecule has 2 rings (SSSR count). The molecule has 1 N–H and O–H groups in total. The molecule has 6 nitrogen and oxygen atoms in total. The van der Waals surface area contributed by atoms with Crippen molar-refractivity contribution in [3.63, 3.8) is 0 Å². The van der Waals surface area contributed by atoms with Crippen LogP contribution in [-0.4, -0.2) is 64.4 Å². The first-order valence-electron chi connectivity index (χ1n) is 7.61. The molecular formula is C16H23BrN2O4. The Bertz CT molecular complexity index is 533. The number of carbonyl (C=O) groups excluding carboxylic acids is 1. The summed E-state index contributed by atoms with van der Waals surface area (Å²) in [5.74, 6) is 1.57. The number of benzene rings is 1. The van der Waals surface area contributed by atoms with Gasteiger partial charge in [-0.25, -0.2) is 0 Å². The third-order valence-electron chi connectivity index (χ3n) is 3.74. The van der Waals surface area contributed by atoms with Crippen molar-refractivity contribution in [3.8, 4) is 11.5 Å². The summed E-state index contributed by atoms with van der Waals surface area (Å²) in [5, 5.41) is 2.95. The van der Waals surface area contributed by atoms with Crippen LogP contribution in [0, 0.1) is 0 Å². The number of methoxy groups -OCH3 is 2. The number of hydrogen-bond donors (Lipinski definition) is 1. The second kappa shape index (κ2) is 9.10. The first-order chi connectivity index (χ1) is 11.1. The van der Waals surface area contributed by atoms with E-state index in [2.05, 4.69) is 26.1 Å². The van der Waals surface area contributed by atoms with E-state index in [1.165, 1.54) is 0 Å². The molecular weight excluding hydrogens is 364 g/mol. The maximum Gasteiger partial charge on any atom is 0.234 e. The summed E-state index contributed by atoms with van der Waals surface area (Å²) in [6.07, 6.45) is 0.682. The zero-order valence-corrected chi connectivity index (χ0v) is 15.1. The summed E-state index contributed by atoms with van der Waals surface area (Å²) < 4.78 is 16.8. The third kappa shape index (κ3) is 5.37. The minimum Gasteiger partial charge on any atom is -0.496 e. The van der Waals surface area contributed by atoms with E-state index in [4.69, 9.17) is 14.2 Å². The number of nitrogens with zero attached hydrogens (tertiary/aromatic N) is 1. The molecule has 1 aliphatic rings. The zero-order chi connectivity index (χ0) is 16.7. The van der Waals surface area contributed by atoms with Gasteiger partial charge in [-0.2, -0.15) is 0 Å². The molecule has 1 amide bonds. The molecule has 23 heavy (non-hydrogen) atoms. The van der Waals surface area contributed by atoms with E-state index >= 15 is 0 Å². The highest BCUT2D eigenvalue weighted by Crippen LogP contribution is 2.32. The first-order valence-corrected chi connectivity index (χ1v) is 8.40. The van der Waals surface area contributed by atoms with Crippen molar-refractivity contribution in [2.75, 3.05) is 53.6 Å². The minimum absolute atomic E-state index is 0.0370. The van der Waals surface area contributed by atoms with Gasteiger partial charge in [-0.05, 0) is 40.0 Å². The first kappa shape index (κ1) is 18.0. The summed E-state index contributed by atoms with van der Waals surface area (Å²) >= 11 is 3.44. The average molecular weight is 387 g/mol. The molecule has 1 fully saturated rings. The van der Waals surface area contributed by atoms with Crippen LogP contribution in [0.3, 0.4) is 0 Å². The monoisotopic (exact) mass is 386 g/mol. The number of rotatable bonds is 7. The molecule has 0 spiro atoms. The fourth-order valence-electron chi connectivity index (χ4n) is 2.47. The topological polar surface area (TPSA) is 60.0 Å². The van der Waals surface area contributed by atoms with Crippen molar-refractivity contribution in [1.82, 2.24) is 10.2 Å². The third-order valence-corrected chi connectivity index (χ3v) is 4.36. The Morgan fingerprint density at radius 1 is 1.26 bits per heavy atom. The summed E-state index contributed by atoms with van der Waals surface area (Å²) in [5.41, 5.74) is 0.999. The minimum atomic E-state index is 0.0370. The fourth-order valence-corrected chi connectivity index (χ4v) is 2.96. The summed E-state index contributed by atoms with van der Waals surface area (Å²) in [6.45, 7) is 4.00.